The lowest BCUT2D eigenvalue weighted by atomic mass is 9.84. The van der Waals surface area contributed by atoms with Crippen LogP contribution < -0.4 is 4.90 Å². The summed E-state index contributed by atoms with van der Waals surface area (Å²) in [6.45, 7) is 16.4. The van der Waals surface area contributed by atoms with Crippen LogP contribution >= 0.6 is 0 Å². The highest BCUT2D eigenvalue weighted by Crippen LogP contribution is 2.47. The first-order valence-electron chi connectivity index (χ1n) is 7.81. The molecule has 4 heteroatoms. The molecule has 23 heavy (non-hydrogen) atoms. The van der Waals surface area contributed by atoms with Gasteiger partial charge in [0.2, 0.25) is 0 Å². The molecule has 0 fully saturated rings. The van der Waals surface area contributed by atoms with Crippen molar-refractivity contribution < 1.29 is 9.53 Å². The molecule has 0 bridgehead atoms. The van der Waals surface area contributed by atoms with Gasteiger partial charge in [-0.2, -0.15) is 0 Å². The van der Waals surface area contributed by atoms with Crippen LogP contribution in [0.15, 0.2) is 47.8 Å². The second kappa shape index (κ2) is 6.70. The van der Waals surface area contributed by atoms with Gasteiger partial charge in [-0.15, -0.1) is 0 Å². The van der Waals surface area contributed by atoms with Gasteiger partial charge in [-0.3, -0.25) is 4.79 Å². The van der Waals surface area contributed by atoms with E-state index in [2.05, 4.69) is 42.6 Å². The lowest BCUT2D eigenvalue weighted by molar-refractivity contribution is -0.138. The van der Waals surface area contributed by atoms with Crippen molar-refractivity contribution in [2.75, 3.05) is 18.1 Å². The molecule has 120 valence electrons. The molecule has 1 aromatic rings. The molecule has 0 aromatic heterocycles. The zero-order chi connectivity index (χ0) is 17.0. The number of fused-ring (bicyclic) bond motifs is 1. The highest BCUT2D eigenvalue weighted by atomic mass is 16.5. The van der Waals surface area contributed by atoms with Crippen molar-refractivity contribution in [3.05, 3.63) is 64.8 Å². The summed E-state index contributed by atoms with van der Waals surface area (Å²) >= 11 is 0. The SMILES string of the molecule is [C-]#[N+]/C(=C\C=C1\N(CC)c2ccccc2C1(C)C)C(=O)OCC. The van der Waals surface area contributed by atoms with Crippen LogP contribution in [0.1, 0.15) is 33.3 Å². The minimum absolute atomic E-state index is 0.00200. The zero-order valence-electron chi connectivity index (χ0n) is 14.1. The molecule has 1 aliphatic rings. The molecule has 1 aromatic carbocycles. The standard InChI is InChI=1S/C19H22N2O2/c1-6-21-16-11-9-8-10-14(16)19(3,4)17(21)13-12-15(20-5)18(22)23-7-2/h8-13H,6-7H2,1-4H3/b15-12-,17-13+. The van der Waals surface area contributed by atoms with E-state index < -0.39 is 5.97 Å². The molecule has 0 atom stereocenters. The molecule has 0 aliphatic carbocycles. The Bertz CT molecular complexity index is 708. The number of esters is 1. The third kappa shape index (κ3) is 3.00. The maximum atomic E-state index is 11.8. The zero-order valence-corrected chi connectivity index (χ0v) is 14.1. The van der Waals surface area contributed by atoms with Crippen molar-refractivity contribution in [2.24, 2.45) is 0 Å². The molecule has 1 heterocycles. The van der Waals surface area contributed by atoms with Crippen molar-refractivity contribution in [3.8, 4) is 0 Å². The first kappa shape index (κ1) is 16.8. The number of benzene rings is 1. The Balaban J connectivity index is 2.46. The second-order valence-electron chi connectivity index (χ2n) is 5.82. The van der Waals surface area contributed by atoms with Crippen LogP contribution in [0.4, 0.5) is 5.69 Å². The van der Waals surface area contributed by atoms with Gasteiger partial charge in [0.05, 0.1) is 13.2 Å². The number of likely N-dealkylation sites (N-methyl/N-ethyl adjacent to an activating group) is 1. The van der Waals surface area contributed by atoms with Crippen molar-refractivity contribution in [1.82, 2.24) is 0 Å². The fraction of sp³-hybridized carbons (Fsp3) is 0.368. The summed E-state index contributed by atoms with van der Waals surface area (Å²) < 4.78 is 4.91. The highest BCUT2D eigenvalue weighted by molar-refractivity contribution is 5.90. The first-order valence-corrected chi connectivity index (χ1v) is 7.81. The summed E-state index contributed by atoms with van der Waals surface area (Å²) in [4.78, 5) is 17.3. The van der Waals surface area contributed by atoms with Gasteiger partial charge in [-0.05, 0) is 31.6 Å². The number of hydrogen-bond acceptors (Lipinski definition) is 3. The van der Waals surface area contributed by atoms with Gasteiger partial charge in [0.25, 0.3) is 5.70 Å². The van der Waals surface area contributed by atoms with E-state index in [1.165, 1.54) is 11.3 Å². The van der Waals surface area contributed by atoms with Gasteiger partial charge in [0, 0.05) is 23.3 Å². The van der Waals surface area contributed by atoms with Gasteiger partial charge >= 0.3 is 5.97 Å². The number of nitrogens with zero attached hydrogens (tertiary/aromatic N) is 2. The van der Waals surface area contributed by atoms with E-state index in [9.17, 15) is 4.79 Å². The van der Waals surface area contributed by atoms with Gasteiger partial charge in [0.15, 0.2) is 0 Å². The molecule has 4 nitrogen and oxygen atoms in total. The Kier molecular flexibility index (Phi) is 4.90. The summed E-state index contributed by atoms with van der Waals surface area (Å²) in [5.41, 5.74) is 3.33. The molecule has 0 spiro atoms. The average molecular weight is 310 g/mol. The van der Waals surface area contributed by atoms with E-state index in [1.54, 1.807) is 13.0 Å². The summed E-state index contributed by atoms with van der Waals surface area (Å²) in [5, 5.41) is 0. The molecular weight excluding hydrogens is 288 g/mol. The van der Waals surface area contributed by atoms with Crippen molar-refractivity contribution >= 4 is 11.7 Å². The number of carbonyl (C=O) groups excluding carboxylic acids is 1. The summed E-state index contributed by atoms with van der Waals surface area (Å²) in [5.74, 6) is -0.573. The molecule has 0 unspecified atom stereocenters. The Labute approximate surface area is 137 Å². The highest BCUT2D eigenvalue weighted by Gasteiger charge is 2.38. The van der Waals surface area contributed by atoms with Crippen LogP contribution in [-0.4, -0.2) is 19.1 Å². The first-order chi connectivity index (χ1) is 11.0. The van der Waals surface area contributed by atoms with E-state index in [0.717, 1.165) is 12.2 Å². The van der Waals surface area contributed by atoms with Crippen molar-refractivity contribution in [1.29, 1.82) is 0 Å². The predicted molar refractivity (Wildman–Crippen MR) is 91.9 cm³/mol. The topological polar surface area (TPSA) is 33.9 Å². The molecular formula is C19H22N2O2. The fourth-order valence-electron chi connectivity index (χ4n) is 3.00. The number of anilines is 1. The Morgan fingerprint density at radius 2 is 2.04 bits per heavy atom. The van der Waals surface area contributed by atoms with Crippen LogP contribution in [0.25, 0.3) is 4.85 Å². The third-order valence-corrected chi connectivity index (χ3v) is 4.12. The van der Waals surface area contributed by atoms with Crippen LogP contribution in [0.2, 0.25) is 0 Å². The smallest absolute Gasteiger partial charge is 0.336 e. The molecule has 0 radical (unpaired) electrons. The lowest BCUT2D eigenvalue weighted by Gasteiger charge is -2.25. The monoisotopic (exact) mass is 310 g/mol. The molecule has 0 saturated heterocycles. The second-order valence-corrected chi connectivity index (χ2v) is 5.82. The lowest BCUT2D eigenvalue weighted by Crippen LogP contribution is -2.25. The average Bonchev–Trinajstić information content (AvgIpc) is 2.76. The fourth-order valence-corrected chi connectivity index (χ4v) is 3.00. The van der Waals surface area contributed by atoms with Gasteiger partial charge in [-0.25, -0.2) is 4.85 Å². The van der Waals surface area contributed by atoms with Gasteiger partial charge in [-0.1, -0.05) is 38.1 Å². The quantitative estimate of drug-likeness (QED) is 0.478. The number of allylic oxidation sites excluding steroid dienone is 3. The third-order valence-electron chi connectivity index (χ3n) is 4.12. The van der Waals surface area contributed by atoms with Crippen molar-refractivity contribution in [2.45, 2.75) is 33.1 Å². The van der Waals surface area contributed by atoms with Crippen LogP contribution in [-0.2, 0) is 14.9 Å². The van der Waals surface area contributed by atoms with Gasteiger partial charge < -0.3 is 9.64 Å². The number of para-hydroxylation sites is 1. The van der Waals surface area contributed by atoms with E-state index in [-0.39, 0.29) is 17.7 Å². The summed E-state index contributed by atoms with van der Waals surface area (Å²) in [6.07, 6.45) is 3.43. The number of ether oxygens (including phenoxy) is 1. The number of rotatable bonds is 4. The van der Waals surface area contributed by atoms with Crippen LogP contribution in [0.5, 0.6) is 0 Å². The minimum Gasteiger partial charge on any atom is -0.471 e. The normalized spacial score (nSPS) is 17.8. The predicted octanol–water partition coefficient (Wildman–Crippen LogP) is 4.05. The molecule has 0 N–H and O–H groups in total. The number of hydrogen-bond donors (Lipinski definition) is 0. The molecule has 2 rings (SSSR count). The maximum absolute atomic E-state index is 11.8. The maximum Gasteiger partial charge on any atom is 0.336 e. The van der Waals surface area contributed by atoms with Crippen LogP contribution in [0.3, 0.4) is 0 Å². The molecule has 1 aliphatic heterocycles. The van der Waals surface area contributed by atoms with E-state index in [1.807, 2.05) is 18.2 Å². The largest absolute Gasteiger partial charge is 0.471 e. The Morgan fingerprint density at radius 1 is 1.35 bits per heavy atom. The van der Waals surface area contributed by atoms with Crippen LogP contribution in [0, 0.1) is 6.57 Å². The number of carbonyl (C=O) groups is 1. The van der Waals surface area contributed by atoms with Crippen molar-refractivity contribution in [3.63, 3.8) is 0 Å². The van der Waals surface area contributed by atoms with E-state index in [4.69, 9.17) is 11.3 Å². The minimum atomic E-state index is -0.573. The molecule has 0 saturated carbocycles. The Morgan fingerprint density at radius 3 is 2.65 bits per heavy atom. The molecule has 0 amide bonds. The van der Waals surface area contributed by atoms with E-state index >= 15 is 0 Å². The Hall–Kier alpha value is -2.54. The summed E-state index contributed by atoms with van der Waals surface area (Å²) in [7, 11) is 0. The summed E-state index contributed by atoms with van der Waals surface area (Å²) in [6, 6.07) is 8.30. The van der Waals surface area contributed by atoms with E-state index in [0.29, 0.717) is 0 Å². The van der Waals surface area contributed by atoms with Gasteiger partial charge in [0.1, 0.15) is 0 Å².